The van der Waals surface area contributed by atoms with E-state index in [1.54, 1.807) is 10.9 Å². The molecule has 0 unspecified atom stereocenters. The summed E-state index contributed by atoms with van der Waals surface area (Å²) in [6, 6.07) is 13.7. The third-order valence-corrected chi connectivity index (χ3v) is 5.36. The SMILES string of the molecule is NS(=O)(=O)c1cc(C(=O)Nc2cnn(CCOCc3ccccc3)c2)ccc1Cl. The first-order valence-electron chi connectivity index (χ1n) is 8.61. The summed E-state index contributed by atoms with van der Waals surface area (Å²) < 4.78 is 30.3. The molecule has 152 valence electrons. The normalized spacial score (nSPS) is 11.4. The number of carbonyl (C=O) groups excluding carboxylic acids is 1. The van der Waals surface area contributed by atoms with Crippen molar-refractivity contribution >= 4 is 33.2 Å². The van der Waals surface area contributed by atoms with Crippen LogP contribution in [-0.4, -0.2) is 30.7 Å². The van der Waals surface area contributed by atoms with Crippen molar-refractivity contribution in [1.29, 1.82) is 0 Å². The van der Waals surface area contributed by atoms with Gasteiger partial charge in [0, 0.05) is 11.8 Å². The standard InChI is InChI=1S/C19H19ClN4O4S/c20-17-7-6-15(10-18(17)29(21,26)27)19(25)23-16-11-22-24(12-16)8-9-28-13-14-4-2-1-3-5-14/h1-7,10-12H,8-9,13H2,(H,23,25)(H2,21,26,27). The zero-order chi connectivity index (χ0) is 20.9. The predicted octanol–water partition coefficient (Wildman–Crippen LogP) is 2.65. The van der Waals surface area contributed by atoms with Crippen LogP contribution in [0.5, 0.6) is 0 Å². The summed E-state index contributed by atoms with van der Waals surface area (Å²) in [6.07, 6.45) is 3.14. The maximum absolute atomic E-state index is 12.4. The van der Waals surface area contributed by atoms with Gasteiger partial charge in [-0.25, -0.2) is 13.6 Å². The Morgan fingerprint density at radius 3 is 2.69 bits per heavy atom. The average molecular weight is 435 g/mol. The largest absolute Gasteiger partial charge is 0.375 e. The van der Waals surface area contributed by atoms with Gasteiger partial charge in [0.05, 0.1) is 36.7 Å². The van der Waals surface area contributed by atoms with E-state index in [0.29, 0.717) is 25.4 Å². The molecule has 1 heterocycles. The van der Waals surface area contributed by atoms with Gasteiger partial charge in [-0.05, 0) is 23.8 Å². The topological polar surface area (TPSA) is 116 Å². The number of amides is 1. The number of sulfonamides is 1. The van der Waals surface area contributed by atoms with E-state index in [1.165, 1.54) is 18.3 Å². The van der Waals surface area contributed by atoms with Crippen LogP contribution < -0.4 is 10.5 Å². The van der Waals surface area contributed by atoms with E-state index in [1.807, 2.05) is 30.3 Å². The Morgan fingerprint density at radius 2 is 1.97 bits per heavy atom. The summed E-state index contributed by atoms with van der Waals surface area (Å²) in [5.41, 5.74) is 1.66. The molecular formula is C19H19ClN4O4S. The third-order valence-electron chi connectivity index (χ3n) is 3.97. The highest BCUT2D eigenvalue weighted by atomic mass is 35.5. The molecule has 0 aliphatic carbocycles. The molecule has 0 atom stereocenters. The number of hydrogen-bond donors (Lipinski definition) is 2. The van der Waals surface area contributed by atoms with Crippen LogP contribution in [0.2, 0.25) is 5.02 Å². The van der Waals surface area contributed by atoms with Crippen LogP contribution in [0, 0.1) is 0 Å². The fraction of sp³-hybridized carbons (Fsp3) is 0.158. The molecule has 3 rings (SSSR count). The van der Waals surface area contributed by atoms with E-state index in [2.05, 4.69) is 10.4 Å². The Labute approximate surface area is 173 Å². The zero-order valence-electron chi connectivity index (χ0n) is 15.3. The second-order valence-electron chi connectivity index (χ2n) is 6.17. The second kappa shape index (κ2) is 9.19. The summed E-state index contributed by atoms with van der Waals surface area (Å²) in [5.74, 6) is -0.508. The molecule has 0 bridgehead atoms. The lowest BCUT2D eigenvalue weighted by Gasteiger charge is -2.06. The van der Waals surface area contributed by atoms with Crippen molar-refractivity contribution in [2.45, 2.75) is 18.0 Å². The van der Waals surface area contributed by atoms with E-state index in [0.717, 1.165) is 11.6 Å². The number of hydrogen-bond acceptors (Lipinski definition) is 5. The van der Waals surface area contributed by atoms with Gasteiger partial charge in [0.15, 0.2) is 0 Å². The van der Waals surface area contributed by atoms with Crippen LogP contribution in [0.1, 0.15) is 15.9 Å². The summed E-state index contributed by atoms with van der Waals surface area (Å²) in [6.45, 7) is 1.48. The molecule has 0 spiro atoms. The van der Waals surface area contributed by atoms with Crippen LogP contribution in [0.3, 0.4) is 0 Å². The molecule has 1 aromatic heterocycles. The van der Waals surface area contributed by atoms with Crippen molar-refractivity contribution < 1.29 is 17.9 Å². The molecular weight excluding hydrogens is 416 g/mol. The number of nitrogens with one attached hydrogen (secondary N) is 1. The van der Waals surface area contributed by atoms with Crippen LogP contribution in [-0.2, 0) is 27.9 Å². The van der Waals surface area contributed by atoms with E-state index in [-0.39, 0.29) is 15.5 Å². The van der Waals surface area contributed by atoms with Crippen LogP contribution in [0.25, 0.3) is 0 Å². The molecule has 3 aromatic rings. The minimum atomic E-state index is -4.03. The van der Waals surface area contributed by atoms with Crippen molar-refractivity contribution in [1.82, 2.24) is 9.78 Å². The van der Waals surface area contributed by atoms with Crippen molar-refractivity contribution in [3.63, 3.8) is 0 Å². The highest BCUT2D eigenvalue weighted by molar-refractivity contribution is 7.89. The van der Waals surface area contributed by atoms with Gasteiger partial charge in [0.25, 0.3) is 5.91 Å². The Hall–Kier alpha value is -2.72. The van der Waals surface area contributed by atoms with Crippen molar-refractivity contribution in [2.75, 3.05) is 11.9 Å². The Balaban J connectivity index is 1.55. The van der Waals surface area contributed by atoms with Crippen LogP contribution >= 0.6 is 11.6 Å². The van der Waals surface area contributed by atoms with Crippen LogP contribution in [0.4, 0.5) is 5.69 Å². The maximum Gasteiger partial charge on any atom is 0.255 e. The fourth-order valence-electron chi connectivity index (χ4n) is 2.54. The minimum Gasteiger partial charge on any atom is -0.375 e. The highest BCUT2D eigenvalue weighted by Gasteiger charge is 2.16. The second-order valence-corrected chi connectivity index (χ2v) is 8.11. The number of benzene rings is 2. The predicted molar refractivity (Wildman–Crippen MR) is 109 cm³/mol. The van der Waals surface area contributed by atoms with Gasteiger partial charge in [0.1, 0.15) is 4.90 Å². The fourth-order valence-corrected chi connectivity index (χ4v) is 3.61. The number of ether oxygens (including phenoxy) is 1. The number of nitrogens with two attached hydrogens (primary N) is 1. The Kier molecular flexibility index (Phi) is 6.65. The molecule has 0 aliphatic heterocycles. The number of nitrogens with zero attached hydrogens (tertiary/aromatic N) is 2. The van der Waals surface area contributed by atoms with Crippen molar-refractivity contribution in [3.05, 3.63) is 77.1 Å². The van der Waals surface area contributed by atoms with E-state index in [4.69, 9.17) is 21.5 Å². The van der Waals surface area contributed by atoms with E-state index < -0.39 is 15.9 Å². The first kappa shape index (κ1) is 21.0. The van der Waals surface area contributed by atoms with Gasteiger partial charge in [-0.15, -0.1) is 0 Å². The number of anilines is 1. The lowest BCUT2D eigenvalue weighted by molar-refractivity contribution is 0.102. The van der Waals surface area contributed by atoms with E-state index >= 15 is 0 Å². The van der Waals surface area contributed by atoms with Gasteiger partial charge in [-0.2, -0.15) is 5.10 Å². The van der Waals surface area contributed by atoms with Crippen LogP contribution in [0.15, 0.2) is 65.8 Å². The van der Waals surface area contributed by atoms with Gasteiger partial charge >= 0.3 is 0 Å². The molecule has 8 nitrogen and oxygen atoms in total. The number of halogens is 1. The first-order valence-corrected chi connectivity index (χ1v) is 10.5. The van der Waals surface area contributed by atoms with Crippen molar-refractivity contribution in [2.24, 2.45) is 5.14 Å². The smallest absolute Gasteiger partial charge is 0.255 e. The molecule has 29 heavy (non-hydrogen) atoms. The number of carbonyl (C=O) groups is 1. The molecule has 0 aliphatic rings. The summed E-state index contributed by atoms with van der Waals surface area (Å²) in [5, 5.41) is 11.9. The number of primary sulfonamides is 1. The molecule has 0 saturated carbocycles. The monoisotopic (exact) mass is 434 g/mol. The number of aromatic nitrogens is 2. The first-order chi connectivity index (χ1) is 13.8. The van der Waals surface area contributed by atoms with Gasteiger partial charge in [-0.1, -0.05) is 41.9 Å². The zero-order valence-corrected chi connectivity index (χ0v) is 16.9. The third kappa shape index (κ3) is 5.88. The molecule has 3 N–H and O–H groups in total. The molecule has 0 saturated heterocycles. The van der Waals surface area contributed by atoms with Gasteiger partial charge < -0.3 is 10.1 Å². The average Bonchev–Trinajstić information content (AvgIpc) is 3.12. The molecule has 2 aromatic carbocycles. The molecule has 0 fully saturated rings. The Bertz CT molecular complexity index is 1100. The quantitative estimate of drug-likeness (QED) is 0.528. The summed E-state index contributed by atoms with van der Waals surface area (Å²) in [7, 11) is -4.03. The molecule has 1 amide bonds. The van der Waals surface area contributed by atoms with Gasteiger partial charge in [0.2, 0.25) is 10.0 Å². The lowest BCUT2D eigenvalue weighted by atomic mass is 10.2. The van der Waals surface area contributed by atoms with Gasteiger partial charge in [-0.3, -0.25) is 9.48 Å². The molecule has 10 heteroatoms. The number of rotatable bonds is 8. The maximum atomic E-state index is 12.4. The highest BCUT2D eigenvalue weighted by Crippen LogP contribution is 2.22. The summed E-state index contributed by atoms with van der Waals surface area (Å²) in [4.78, 5) is 12.1. The van der Waals surface area contributed by atoms with Crippen molar-refractivity contribution in [3.8, 4) is 0 Å². The summed E-state index contributed by atoms with van der Waals surface area (Å²) >= 11 is 5.83. The van der Waals surface area contributed by atoms with E-state index in [9.17, 15) is 13.2 Å². The lowest BCUT2D eigenvalue weighted by Crippen LogP contribution is -2.16. The minimum absolute atomic E-state index is 0.0487. The molecule has 0 radical (unpaired) electrons. The Morgan fingerprint density at radius 1 is 1.21 bits per heavy atom.